The zero-order chi connectivity index (χ0) is 16.3. The second-order valence-corrected chi connectivity index (χ2v) is 6.62. The predicted molar refractivity (Wildman–Crippen MR) is 88.8 cm³/mol. The molecule has 1 N–H and O–H groups in total. The van der Waals surface area contributed by atoms with Gasteiger partial charge in [0.2, 0.25) is 0 Å². The number of rotatable bonds is 5. The van der Waals surface area contributed by atoms with Crippen LogP contribution >= 0.6 is 23.4 Å². The van der Waals surface area contributed by atoms with Crippen LogP contribution in [0.5, 0.6) is 0 Å². The van der Waals surface area contributed by atoms with Crippen LogP contribution in [0.4, 0.5) is 0 Å². The van der Waals surface area contributed by atoms with Crippen molar-refractivity contribution in [3.05, 3.63) is 51.9 Å². The average Bonchev–Trinajstić information content (AvgIpc) is 2.45. The van der Waals surface area contributed by atoms with Crippen LogP contribution < -0.4 is 0 Å². The van der Waals surface area contributed by atoms with Crippen molar-refractivity contribution in [2.75, 3.05) is 0 Å². The molecule has 0 bridgehead atoms. The van der Waals surface area contributed by atoms with E-state index in [0.717, 1.165) is 5.56 Å². The molecule has 116 valence electrons. The van der Waals surface area contributed by atoms with Crippen LogP contribution in [0.15, 0.2) is 29.3 Å². The smallest absolute Gasteiger partial charge is 0.340 e. The third-order valence-electron chi connectivity index (χ3n) is 3.09. The molecule has 0 radical (unpaired) electrons. The van der Waals surface area contributed by atoms with E-state index in [4.69, 9.17) is 11.6 Å². The van der Waals surface area contributed by atoms with E-state index in [1.54, 1.807) is 6.92 Å². The molecule has 0 aliphatic rings. The predicted octanol–water partition coefficient (Wildman–Crippen LogP) is 4.55. The Kier molecular flexibility index (Phi) is 5.42. The van der Waals surface area contributed by atoms with E-state index in [2.05, 4.69) is 9.97 Å². The van der Waals surface area contributed by atoms with Gasteiger partial charge in [0.1, 0.15) is 16.4 Å². The van der Waals surface area contributed by atoms with Crippen molar-refractivity contribution < 1.29 is 9.90 Å². The molecule has 0 aliphatic heterocycles. The van der Waals surface area contributed by atoms with Crippen LogP contribution in [0.2, 0.25) is 5.02 Å². The summed E-state index contributed by atoms with van der Waals surface area (Å²) in [4.78, 5) is 20.2. The minimum Gasteiger partial charge on any atom is -0.478 e. The molecule has 0 amide bonds. The van der Waals surface area contributed by atoms with Crippen molar-refractivity contribution >= 4 is 29.3 Å². The second-order valence-electron chi connectivity index (χ2n) is 5.22. The number of aromatic carboxylic acids is 1. The van der Waals surface area contributed by atoms with Crippen molar-refractivity contribution in [3.63, 3.8) is 0 Å². The summed E-state index contributed by atoms with van der Waals surface area (Å²) < 4.78 is 0. The molecule has 6 heteroatoms. The number of nitrogens with zero attached hydrogens (tertiary/aromatic N) is 2. The first-order valence-corrected chi connectivity index (χ1v) is 8.24. The maximum absolute atomic E-state index is 11.5. The Hall–Kier alpha value is -1.59. The van der Waals surface area contributed by atoms with E-state index in [-0.39, 0.29) is 11.5 Å². The normalized spacial score (nSPS) is 11.0. The summed E-state index contributed by atoms with van der Waals surface area (Å²) in [6.07, 6.45) is 0. The Labute approximate surface area is 138 Å². The Balaban J connectivity index is 2.31. The maximum atomic E-state index is 11.5. The standard InChI is InChI=1S/C16H17ClN2O2S/c1-9(2)14-18-10(3)13(16(20)21)15(19-14)22-8-11-4-6-12(17)7-5-11/h4-7,9H,8H2,1-3H3,(H,20,21). The molecule has 0 saturated heterocycles. The number of halogens is 1. The lowest BCUT2D eigenvalue weighted by Crippen LogP contribution is -2.10. The fourth-order valence-electron chi connectivity index (χ4n) is 1.91. The molecule has 22 heavy (non-hydrogen) atoms. The van der Waals surface area contributed by atoms with Crippen LogP contribution in [-0.4, -0.2) is 21.0 Å². The van der Waals surface area contributed by atoms with E-state index >= 15 is 0 Å². The SMILES string of the molecule is Cc1nc(C(C)C)nc(SCc2ccc(Cl)cc2)c1C(=O)O. The second kappa shape index (κ2) is 7.11. The topological polar surface area (TPSA) is 63.1 Å². The summed E-state index contributed by atoms with van der Waals surface area (Å²) in [5.74, 6) is 0.453. The number of hydrogen-bond acceptors (Lipinski definition) is 4. The molecule has 0 unspecified atom stereocenters. The fraction of sp³-hybridized carbons (Fsp3) is 0.312. The molecule has 4 nitrogen and oxygen atoms in total. The first-order valence-electron chi connectivity index (χ1n) is 6.87. The summed E-state index contributed by atoms with van der Waals surface area (Å²) in [5.41, 5.74) is 1.75. The summed E-state index contributed by atoms with van der Waals surface area (Å²) in [6, 6.07) is 7.49. The molecule has 2 aromatic rings. The Morgan fingerprint density at radius 3 is 2.45 bits per heavy atom. The van der Waals surface area contributed by atoms with Crippen molar-refractivity contribution in [3.8, 4) is 0 Å². The van der Waals surface area contributed by atoms with Gasteiger partial charge in [0, 0.05) is 16.7 Å². The van der Waals surface area contributed by atoms with Gasteiger partial charge in [0.15, 0.2) is 0 Å². The molecular formula is C16H17ClN2O2S. The quantitative estimate of drug-likeness (QED) is 0.641. The highest BCUT2D eigenvalue weighted by Gasteiger charge is 2.19. The van der Waals surface area contributed by atoms with Gasteiger partial charge >= 0.3 is 5.97 Å². The van der Waals surface area contributed by atoms with Crippen LogP contribution in [0.25, 0.3) is 0 Å². The highest BCUT2D eigenvalue weighted by Crippen LogP contribution is 2.28. The van der Waals surface area contributed by atoms with Crippen LogP contribution in [0, 0.1) is 6.92 Å². The van der Waals surface area contributed by atoms with Crippen molar-refractivity contribution in [2.45, 2.75) is 37.5 Å². The van der Waals surface area contributed by atoms with Gasteiger partial charge in [-0.05, 0) is 24.6 Å². The maximum Gasteiger partial charge on any atom is 0.340 e. The molecular weight excluding hydrogens is 320 g/mol. The van der Waals surface area contributed by atoms with Gasteiger partial charge in [-0.25, -0.2) is 14.8 Å². The zero-order valence-electron chi connectivity index (χ0n) is 12.6. The number of carbonyl (C=O) groups is 1. The Morgan fingerprint density at radius 2 is 1.91 bits per heavy atom. The van der Waals surface area contributed by atoms with Gasteiger partial charge in [0.05, 0.1) is 5.69 Å². The third kappa shape index (κ3) is 3.99. The van der Waals surface area contributed by atoms with Gasteiger partial charge in [-0.1, -0.05) is 37.6 Å². The first-order chi connectivity index (χ1) is 10.4. The number of carboxylic acids is 1. The average molecular weight is 337 g/mol. The fourth-order valence-corrected chi connectivity index (χ4v) is 3.07. The van der Waals surface area contributed by atoms with E-state index < -0.39 is 5.97 Å². The molecule has 0 aliphatic carbocycles. The van der Waals surface area contributed by atoms with E-state index in [0.29, 0.717) is 27.3 Å². The number of aromatic nitrogens is 2. The molecule has 0 atom stereocenters. The molecule has 1 heterocycles. The zero-order valence-corrected chi connectivity index (χ0v) is 14.2. The number of thioether (sulfide) groups is 1. The summed E-state index contributed by atoms with van der Waals surface area (Å²) in [5, 5.41) is 10.6. The van der Waals surface area contributed by atoms with Crippen molar-refractivity contribution in [1.29, 1.82) is 0 Å². The lowest BCUT2D eigenvalue weighted by molar-refractivity contribution is 0.0690. The number of benzene rings is 1. The lowest BCUT2D eigenvalue weighted by atomic mass is 10.2. The third-order valence-corrected chi connectivity index (χ3v) is 4.39. The van der Waals surface area contributed by atoms with E-state index in [9.17, 15) is 9.90 Å². The Bertz CT molecular complexity index is 687. The number of hydrogen-bond donors (Lipinski definition) is 1. The van der Waals surface area contributed by atoms with Gasteiger partial charge in [0.25, 0.3) is 0 Å². The highest BCUT2D eigenvalue weighted by atomic mass is 35.5. The molecule has 0 fully saturated rings. The minimum atomic E-state index is -0.994. The van der Waals surface area contributed by atoms with Crippen LogP contribution in [-0.2, 0) is 5.75 Å². The molecule has 0 spiro atoms. The summed E-state index contributed by atoms with van der Waals surface area (Å²) in [6.45, 7) is 5.69. The molecule has 0 saturated carbocycles. The van der Waals surface area contributed by atoms with Gasteiger partial charge in [-0.3, -0.25) is 0 Å². The first kappa shape index (κ1) is 16.8. The van der Waals surface area contributed by atoms with Crippen LogP contribution in [0.3, 0.4) is 0 Å². The van der Waals surface area contributed by atoms with Crippen molar-refractivity contribution in [2.24, 2.45) is 0 Å². The number of aryl methyl sites for hydroxylation is 1. The van der Waals surface area contributed by atoms with Gasteiger partial charge < -0.3 is 5.11 Å². The largest absolute Gasteiger partial charge is 0.478 e. The van der Waals surface area contributed by atoms with E-state index in [1.165, 1.54) is 11.8 Å². The van der Waals surface area contributed by atoms with Gasteiger partial charge in [-0.15, -0.1) is 11.8 Å². The molecule has 2 rings (SSSR count). The molecule has 1 aromatic carbocycles. The van der Waals surface area contributed by atoms with Crippen LogP contribution in [0.1, 0.15) is 47.2 Å². The lowest BCUT2D eigenvalue weighted by Gasteiger charge is -2.12. The summed E-state index contributed by atoms with van der Waals surface area (Å²) in [7, 11) is 0. The van der Waals surface area contributed by atoms with Crippen molar-refractivity contribution in [1.82, 2.24) is 9.97 Å². The highest BCUT2D eigenvalue weighted by molar-refractivity contribution is 7.98. The van der Waals surface area contributed by atoms with E-state index in [1.807, 2.05) is 38.1 Å². The monoisotopic (exact) mass is 336 g/mol. The minimum absolute atomic E-state index is 0.149. The van der Waals surface area contributed by atoms with Gasteiger partial charge in [-0.2, -0.15) is 0 Å². The summed E-state index contributed by atoms with van der Waals surface area (Å²) >= 11 is 7.27. The molecule has 1 aromatic heterocycles. The Morgan fingerprint density at radius 1 is 1.27 bits per heavy atom. The number of carboxylic acid groups (broad SMARTS) is 1.